The zero-order valence-corrected chi connectivity index (χ0v) is 20.7. The van der Waals surface area contributed by atoms with E-state index in [9.17, 15) is 14.7 Å². The molecule has 194 valence electrons. The van der Waals surface area contributed by atoms with Gasteiger partial charge in [0.2, 0.25) is 0 Å². The lowest BCUT2D eigenvalue weighted by Crippen LogP contribution is -2.53. The highest BCUT2D eigenvalue weighted by Crippen LogP contribution is 2.31. The second kappa shape index (κ2) is 13.1. The van der Waals surface area contributed by atoms with Crippen molar-refractivity contribution in [2.45, 2.75) is 19.3 Å². The summed E-state index contributed by atoms with van der Waals surface area (Å²) in [5.41, 5.74) is 1.19. The van der Waals surface area contributed by atoms with E-state index >= 15 is 0 Å². The van der Waals surface area contributed by atoms with Crippen molar-refractivity contribution >= 4 is 17.7 Å². The van der Waals surface area contributed by atoms with Gasteiger partial charge in [0.05, 0.1) is 26.4 Å². The lowest BCUT2D eigenvalue weighted by atomic mass is 9.81. The first-order valence-electron chi connectivity index (χ1n) is 13.0. The SMILES string of the molecule is O=C(O)CC1CCN(C(=O)N2CCOCC2)CC1CCN(CCN1CCOCC1)c1ccccc1. The van der Waals surface area contributed by atoms with Crippen LogP contribution in [0.5, 0.6) is 0 Å². The fourth-order valence-electron chi connectivity index (χ4n) is 5.45. The Morgan fingerprint density at radius 2 is 1.57 bits per heavy atom. The highest BCUT2D eigenvalue weighted by Gasteiger charge is 2.34. The van der Waals surface area contributed by atoms with Gasteiger partial charge >= 0.3 is 12.0 Å². The first-order chi connectivity index (χ1) is 17.1. The molecule has 35 heavy (non-hydrogen) atoms. The normalized spacial score (nSPS) is 23.8. The van der Waals surface area contributed by atoms with Gasteiger partial charge in [0, 0.05) is 71.0 Å². The number of amides is 2. The maximum absolute atomic E-state index is 13.1. The molecule has 0 aliphatic carbocycles. The molecular formula is C26H40N4O5. The van der Waals surface area contributed by atoms with Crippen LogP contribution in [0.2, 0.25) is 0 Å². The summed E-state index contributed by atoms with van der Waals surface area (Å²) < 4.78 is 10.9. The zero-order valence-electron chi connectivity index (χ0n) is 20.7. The van der Waals surface area contributed by atoms with Crippen molar-refractivity contribution in [3.63, 3.8) is 0 Å². The maximum atomic E-state index is 13.1. The molecule has 0 radical (unpaired) electrons. The van der Waals surface area contributed by atoms with Crippen LogP contribution in [-0.2, 0) is 14.3 Å². The van der Waals surface area contributed by atoms with E-state index in [4.69, 9.17) is 9.47 Å². The molecule has 1 aromatic rings. The topological polar surface area (TPSA) is 85.8 Å². The smallest absolute Gasteiger partial charge is 0.320 e. The average molecular weight is 489 g/mol. The van der Waals surface area contributed by atoms with Crippen molar-refractivity contribution in [2.75, 3.05) is 90.2 Å². The van der Waals surface area contributed by atoms with Crippen LogP contribution in [-0.4, -0.2) is 117 Å². The van der Waals surface area contributed by atoms with Gasteiger partial charge in [-0.2, -0.15) is 0 Å². The Morgan fingerprint density at radius 3 is 2.26 bits per heavy atom. The Hall–Kier alpha value is -2.36. The number of urea groups is 1. The molecule has 3 fully saturated rings. The molecule has 3 heterocycles. The van der Waals surface area contributed by atoms with E-state index in [1.165, 1.54) is 5.69 Å². The summed E-state index contributed by atoms with van der Waals surface area (Å²) in [5, 5.41) is 9.52. The molecule has 9 nitrogen and oxygen atoms in total. The molecule has 3 aliphatic rings. The molecule has 2 amide bonds. The predicted octanol–water partition coefficient (Wildman–Crippen LogP) is 2.08. The fraction of sp³-hybridized carbons (Fsp3) is 0.692. The van der Waals surface area contributed by atoms with Gasteiger partial charge in [-0.15, -0.1) is 0 Å². The van der Waals surface area contributed by atoms with E-state index in [-0.39, 0.29) is 24.3 Å². The molecule has 9 heteroatoms. The number of likely N-dealkylation sites (tertiary alicyclic amines) is 1. The summed E-state index contributed by atoms with van der Waals surface area (Å²) >= 11 is 0. The third kappa shape index (κ3) is 7.56. The molecule has 3 saturated heterocycles. The quantitative estimate of drug-likeness (QED) is 0.570. The lowest BCUT2D eigenvalue weighted by Gasteiger charge is -2.41. The van der Waals surface area contributed by atoms with Gasteiger partial charge in [-0.25, -0.2) is 4.79 Å². The number of aliphatic carboxylic acids is 1. The summed E-state index contributed by atoms with van der Waals surface area (Å²) in [6, 6.07) is 10.5. The van der Waals surface area contributed by atoms with Crippen LogP contribution in [0, 0.1) is 11.8 Å². The van der Waals surface area contributed by atoms with Crippen molar-refractivity contribution in [2.24, 2.45) is 11.8 Å². The fourth-order valence-corrected chi connectivity index (χ4v) is 5.45. The van der Waals surface area contributed by atoms with E-state index in [0.717, 1.165) is 58.8 Å². The van der Waals surface area contributed by atoms with Crippen LogP contribution in [0.3, 0.4) is 0 Å². The van der Waals surface area contributed by atoms with E-state index in [1.54, 1.807) is 0 Å². The van der Waals surface area contributed by atoms with Gasteiger partial charge in [0.1, 0.15) is 0 Å². The van der Waals surface area contributed by atoms with Gasteiger partial charge in [-0.3, -0.25) is 9.69 Å². The second-order valence-electron chi connectivity index (χ2n) is 9.80. The molecule has 0 spiro atoms. The molecular weight excluding hydrogens is 448 g/mol. The van der Waals surface area contributed by atoms with Crippen molar-refractivity contribution in [3.05, 3.63) is 30.3 Å². The van der Waals surface area contributed by atoms with Gasteiger partial charge in [0.25, 0.3) is 0 Å². The summed E-state index contributed by atoms with van der Waals surface area (Å²) in [6.45, 7) is 9.91. The molecule has 3 aliphatic heterocycles. The van der Waals surface area contributed by atoms with Crippen LogP contribution < -0.4 is 4.90 Å². The average Bonchev–Trinajstić information content (AvgIpc) is 2.90. The highest BCUT2D eigenvalue weighted by atomic mass is 16.5. The summed E-state index contributed by atoms with van der Waals surface area (Å²) in [5.74, 6) is -0.488. The molecule has 4 rings (SSSR count). The number of ether oxygens (including phenoxy) is 2. The minimum Gasteiger partial charge on any atom is -0.481 e. The second-order valence-corrected chi connectivity index (χ2v) is 9.80. The maximum Gasteiger partial charge on any atom is 0.320 e. The molecule has 2 unspecified atom stereocenters. The van der Waals surface area contributed by atoms with Crippen molar-refractivity contribution in [1.82, 2.24) is 14.7 Å². The lowest BCUT2D eigenvalue weighted by molar-refractivity contribution is -0.139. The Morgan fingerprint density at radius 1 is 0.886 bits per heavy atom. The molecule has 0 saturated carbocycles. The number of benzene rings is 1. The zero-order chi connectivity index (χ0) is 24.5. The Labute approximate surface area is 208 Å². The third-order valence-corrected chi connectivity index (χ3v) is 7.56. The number of carboxylic acids is 1. The minimum absolute atomic E-state index is 0.0688. The number of hydrogen-bond donors (Lipinski definition) is 1. The minimum atomic E-state index is -0.750. The number of rotatable bonds is 9. The van der Waals surface area contributed by atoms with Crippen LogP contribution in [0.15, 0.2) is 30.3 Å². The molecule has 0 aromatic heterocycles. The number of para-hydroxylation sites is 1. The Bertz CT molecular complexity index is 798. The molecule has 1 N–H and O–H groups in total. The van der Waals surface area contributed by atoms with Crippen molar-refractivity contribution < 1.29 is 24.2 Å². The van der Waals surface area contributed by atoms with Gasteiger partial charge in [-0.1, -0.05) is 18.2 Å². The van der Waals surface area contributed by atoms with Crippen LogP contribution in [0.25, 0.3) is 0 Å². The first-order valence-corrected chi connectivity index (χ1v) is 13.0. The standard InChI is InChI=1S/C26H40N4O5/c31-25(32)20-22-6-9-30(26(33)29-14-18-35-19-15-29)21-23(22)7-8-28(24-4-2-1-3-5-24)11-10-27-12-16-34-17-13-27/h1-5,22-23H,6-21H2,(H,31,32). The predicted molar refractivity (Wildman–Crippen MR) is 134 cm³/mol. The van der Waals surface area contributed by atoms with Gasteiger partial charge in [-0.05, 0) is 36.8 Å². The number of morpholine rings is 2. The van der Waals surface area contributed by atoms with Crippen LogP contribution in [0.4, 0.5) is 10.5 Å². The van der Waals surface area contributed by atoms with Crippen LogP contribution in [0.1, 0.15) is 19.3 Å². The number of carboxylic acid groups (broad SMARTS) is 1. The Kier molecular flexibility index (Phi) is 9.62. The van der Waals surface area contributed by atoms with E-state index in [0.29, 0.717) is 39.4 Å². The summed E-state index contributed by atoms with van der Waals surface area (Å²) in [7, 11) is 0. The number of piperidine rings is 1. The number of hydrogen-bond acceptors (Lipinski definition) is 6. The number of carbonyl (C=O) groups is 2. The highest BCUT2D eigenvalue weighted by molar-refractivity contribution is 5.74. The summed E-state index contributed by atoms with van der Waals surface area (Å²) in [4.78, 5) is 33.4. The first kappa shape index (κ1) is 25.7. The van der Waals surface area contributed by atoms with Crippen molar-refractivity contribution in [3.8, 4) is 0 Å². The monoisotopic (exact) mass is 488 g/mol. The number of carbonyl (C=O) groups excluding carboxylic acids is 1. The van der Waals surface area contributed by atoms with Crippen molar-refractivity contribution in [1.29, 1.82) is 0 Å². The molecule has 2 atom stereocenters. The largest absolute Gasteiger partial charge is 0.481 e. The molecule has 1 aromatic carbocycles. The molecule has 0 bridgehead atoms. The Balaban J connectivity index is 1.40. The van der Waals surface area contributed by atoms with E-state index in [2.05, 4.69) is 34.1 Å². The van der Waals surface area contributed by atoms with Gasteiger partial charge in [0.15, 0.2) is 0 Å². The van der Waals surface area contributed by atoms with E-state index in [1.807, 2.05) is 15.9 Å². The number of anilines is 1. The van der Waals surface area contributed by atoms with Gasteiger partial charge < -0.3 is 29.3 Å². The third-order valence-electron chi connectivity index (χ3n) is 7.56. The summed E-state index contributed by atoms with van der Waals surface area (Å²) in [6.07, 6.45) is 1.78. The number of nitrogens with zero attached hydrogens (tertiary/aromatic N) is 4. The van der Waals surface area contributed by atoms with Crippen LogP contribution >= 0.6 is 0 Å². The van der Waals surface area contributed by atoms with E-state index < -0.39 is 5.97 Å².